The van der Waals surface area contributed by atoms with Crippen molar-refractivity contribution < 1.29 is 9.36 Å². The summed E-state index contributed by atoms with van der Waals surface area (Å²) in [5.74, 6) is -0.0620. The lowest BCUT2D eigenvalue weighted by Crippen LogP contribution is -2.40. The van der Waals surface area contributed by atoms with Gasteiger partial charge in [0, 0.05) is 11.8 Å². The largest absolute Gasteiger partial charge is 0.394 e. The van der Waals surface area contributed by atoms with Gasteiger partial charge in [-0.25, -0.2) is 0 Å². The van der Waals surface area contributed by atoms with Crippen LogP contribution < -0.4 is 15.6 Å². The normalized spacial score (nSPS) is 10.2. The molecule has 0 aliphatic carbocycles. The van der Waals surface area contributed by atoms with E-state index in [1.165, 1.54) is 0 Å². The minimum Gasteiger partial charge on any atom is -0.394 e. The van der Waals surface area contributed by atoms with E-state index in [1.807, 2.05) is 44.3 Å². The number of aromatic nitrogens is 1. The van der Waals surface area contributed by atoms with Crippen LogP contribution in [0.2, 0.25) is 0 Å². The summed E-state index contributed by atoms with van der Waals surface area (Å²) >= 11 is 0. The number of nitrogens with zero attached hydrogens (tertiary/aromatic N) is 1. The van der Waals surface area contributed by atoms with Crippen LogP contribution in [0.15, 0.2) is 42.7 Å². The number of rotatable bonds is 3. The molecule has 0 aliphatic heterocycles. The van der Waals surface area contributed by atoms with Crippen molar-refractivity contribution in [2.24, 2.45) is 0 Å². The number of anilines is 2. The number of para-hydroxylation sites is 1. The highest BCUT2D eigenvalue weighted by Crippen LogP contribution is 2.19. The summed E-state index contributed by atoms with van der Waals surface area (Å²) in [5.41, 5.74) is 9.33. The van der Waals surface area contributed by atoms with Gasteiger partial charge in [0.2, 0.25) is 6.54 Å². The monoisotopic (exact) mass is 256 g/mol. The number of aryl methyl sites for hydroxylation is 2. The zero-order chi connectivity index (χ0) is 13.8. The molecule has 4 nitrogen and oxygen atoms in total. The van der Waals surface area contributed by atoms with Crippen molar-refractivity contribution in [3.8, 4) is 0 Å². The Morgan fingerprint density at radius 3 is 2.53 bits per heavy atom. The Kier molecular flexibility index (Phi) is 3.80. The number of pyridine rings is 1. The van der Waals surface area contributed by atoms with Crippen molar-refractivity contribution >= 4 is 17.3 Å². The highest BCUT2D eigenvalue weighted by Gasteiger charge is 2.12. The number of benzene rings is 1. The summed E-state index contributed by atoms with van der Waals surface area (Å²) in [6.45, 7) is 4.21. The summed E-state index contributed by atoms with van der Waals surface area (Å²) in [5, 5.41) is 2.95. The summed E-state index contributed by atoms with van der Waals surface area (Å²) in [7, 11) is 0. The van der Waals surface area contributed by atoms with E-state index in [2.05, 4.69) is 5.32 Å². The molecule has 0 fully saturated rings. The van der Waals surface area contributed by atoms with Gasteiger partial charge in [-0.2, -0.15) is 4.57 Å². The summed E-state index contributed by atoms with van der Waals surface area (Å²) in [4.78, 5) is 12.0. The number of amides is 1. The first kappa shape index (κ1) is 13.1. The van der Waals surface area contributed by atoms with Gasteiger partial charge < -0.3 is 11.1 Å². The Morgan fingerprint density at radius 1 is 1.21 bits per heavy atom. The van der Waals surface area contributed by atoms with Crippen molar-refractivity contribution in [3.05, 3.63) is 53.9 Å². The van der Waals surface area contributed by atoms with Gasteiger partial charge in [-0.05, 0) is 31.0 Å². The molecular weight excluding hydrogens is 238 g/mol. The van der Waals surface area contributed by atoms with E-state index in [0.29, 0.717) is 5.69 Å². The molecule has 2 aromatic rings. The minimum atomic E-state index is -0.0620. The smallest absolute Gasteiger partial charge is 0.290 e. The molecule has 2 rings (SSSR count). The van der Waals surface area contributed by atoms with Crippen LogP contribution in [0.4, 0.5) is 11.4 Å². The van der Waals surface area contributed by atoms with E-state index in [0.717, 1.165) is 16.8 Å². The van der Waals surface area contributed by atoms with Gasteiger partial charge in [-0.1, -0.05) is 18.2 Å². The third kappa shape index (κ3) is 3.31. The molecule has 1 amide bonds. The number of carbonyl (C=O) groups excluding carboxylic acids is 1. The first-order valence-electron chi connectivity index (χ1n) is 6.17. The molecule has 0 spiro atoms. The van der Waals surface area contributed by atoms with E-state index in [4.69, 9.17) is 5.73 Å². The Balaban J connectivity index is 2.10. The van der Waals surface area contributed by atoms with Gasteiger partial charge in [0.1, 0.15) is 0 Å². The maximum absolute atomic E-state index is 12.0. The average molecular weight is 256 g/mol. The van der Waals surface area contributed by atoms with E-state index in [9.17, 15) is 4.79 Å². The predicted octanol–water partition coefficient (Wildman–Crippen LogP) is 1.81. The molecular formula is C15H18N3O+. The Hall–Kier alpha value is -2.36. The van der Waals surface area contributed by atoms with Crippen molar-refractivity contribution in [2.75, 3.05) is 11.1 Å². The van der Waals surface area contributed by atoms with Crippen LogP contribution in [0.1, 0.15) is 11.1 Å². The van der Waals surface area contributed by atoms with Crippen LogP contribution in [-0.2, 0) is 11.3 Å². The van der Waals surface area contributed by atoms with Crippen LogP contribution in [0.25, 0.3) is 0 Å². The molecule has 0 aliphatic rings. The van der Waals surface area contributed by atoms with Crippen molar-refractivity contribution in [3.63, 3.8) is 0 Å². The second-order valence-electron chi connectivity index (χ2n) is 4.62. The Morgan fingerprint density at radius 2 is 1.89 bits per heavy atom. The zero-order valence-corrected chi connectivity index (χ0v) is 11.2. The Bertz CT molecular complexity index is 588. The van der Waals surface area contributed by atoms with Gasteiger partial charge >= 0.3 is 0 Å². The number of nitrogen functional groups attached to an aromatic ring is 1. The van der Waals surface area contributed by atoms with Crippen molar-refractivity contribution in [2.45, 2.75) is 20.4 Å². The van der Waals surface area contributed by atoms with Gasteiger partial charge in [0.15, 0.2) is 12.4 Å². The van der Waals surface area contributed by atoms with E-state index in [-0.39, 0.29) is 12.5 Å². The lowest BCUT2D eigenvalue weighted by atomic mass is 10.1. The van der Waals surface area contributed by atoms with Gasteiger partial charge in [-0.15, -0.1) is 0 Å². The predicted molar refractivity (Wildman–Crippen MR) is 75.6 cm³/mol. The lowest BCUT2D eigenvalue weighted by molar-refractivity contribution is -0.683. The molecule has 98 valence electrons. The van der Waals surface area contributed by atoms with E-state index in [1.54, 1.807) is 16.8 Å². The molecule has 0 saturated heterocycles. The fourth-order valence-corrected chi connectivity index (χ4v) is 2.00. The lowest BCUT2D eigenvalue weighted by Gasteiger charge is -2.10. The van der Waals surface area contributed by atoms with E-state index >= 15 is 0 Å². The summed E-state index contributed by atoms with van der Waals surface area (Å²) in [6.07, 6.45) is 3.56. The second kappa shape index (κ2) is 5.52. The molecule has 0 radical (unpaired) electrons. The molecule has 0 unspecified atom stereocenters. The molecule has 1 heterocycles. The fourth-order valence-electron chi connectivity index (χ4n) is 2.00. The number of hydrogen-bond donors (Lipinski definition) is 2. The number of carbonyl (C=O) groups is 1. The van der Waals surface area contributed by atoms with Crippen molar-refractivity contribution in [1.29, 1.82) is 0 Å². The topological polar surface area (TPSA) is 59.0 Å². The van der Waals surface area contributed by atoms with Crippen LogP contribution in [0.5, 0.6) is 0 Å². The molecule has 0 atom stereocenters. The van der Waals surface area contributed by atoms with Crippen LogP contribution >= 0.6 is 0 Å². The third-order valence-corrected chi connectivity index (χ3v) is 2.95. The average Bonchev–Trinajstić information content (AvgIpc) is 2.34. The van der Waals surface area contributed by atoms with E-state index < -0.39 is 0 Å². The highest BCUT2D eigenvalue weighted by atomic mass is 16.1. The van der Waals surface area contributed by atoms with Crippen LogP contribution in [0.3, 0.4) is 0 Å². The molecule has 19 heavy (non-hydrogen) atoms. The number of nitrogens with two attached hydrogens (primary N) is 1. The van der Waals surface area contributed by atoms with Crippen LogP contribution in [-0.4, -0.2) is 5.91 Å². The van der Waals surface area contributed by atoms with Crippen LogP contribution in [0, 0.1) is 13.8 Å². The maximum Gasteiger partial charge on any atom is 0.290 e. The third-order valence-electron chi connectivity index (χ3n) is 2.95. The second-order valence-corrected chi connectivity index (χ2v) is 4.62. The first-order chi connectivity index (χ1) is 9.06. The quantitative estimate of drug-likeness (QED) is 0.823. The maximum atomic E-state index is 12.0. The SMILES string of the molecule is Cc1cccc(C)c1NC(=O)C[n+]1cccc(N)c1. The molecule has 4 heteroatoms. The van der Waals surface area contributed by atoms with Gasteiger partial charge in [0.25, 0.3) is 5.91 Å². The standard InChI is InChI=1S/C15H17N3O/c1-11-5-3-6-12(2)15(11)17-14(19)10-18-8-4-7-13(16)9-18/h3-9H,10,16H2,1-2H3/p+1. The zero-order valence-electron chi connectivity index (χ0n) is 11.2. The molecule has 0 bridgehead atoms. The summed E-state index contributed by atoms with van der Waals surface area (Å²) < 4.78 is 1.76. The highest BCUT2D eigenvalue weighted by molar-refractivity contribution is 5.91. The number of nitrogens with one attached hydrogen (secondary N) is 1. The minimum absolute atomic E-state index is 0.0620. The molecule has 3 N–H and O–H groups in total. The molecule has 1 aromatic heterocycles. The van der Waals surface area contributed by atoms with Crippen molar-refractivity contribution in [1.82, 2.24) is 0 Å². The van der Waals surface area contributed by atoms with Gasteiger partial charge in [-0.3, -0.25) is 4.79 Å². The molecule has 0 saturated carbocycles. The number of hydrogen-bond acceptors (Lipinski definition) is 2. The first-order valence-corrected chi connectivity index (χ1v) is 6.17. The van der Waals surface area contributed by atoms with Gasteiger partial charge in [0.05, 0.1) is 5.69 Å². The fraction of sp³-hybridized carbons (Fsp3) is 0.200. The summed E-state index contributed by atoms with van der Waals surface area (Å²) in [6, 6.07) is 9.56. The Labute approximate surface area is 112 Å². The molecule has 1 aromatic carbocycles.